The first kappa shape index (κ1) is 29.5. The van der Waals surface area contributed by atoms with Gasteiger partial charge in [0.1, 0.15) is 35.4 Å². The first-order valence-corrected chi connectivity index (χ1v) is 14.0. The average molecular weight is 598 g/mol. The monoisotopic (exact) mass is 597 g/mol. The fourth-order valence-corrected chi connectivity index (χ4v) is 5.94. The molecule has 12 heteroatoms. The minimum Gasteiger partial charge on any atom is -0.507 e. The molecule has 0 unspecified atom stereocenters. The summed E-state index contributed by atoms with van der Waals surface area (Å²) in [4.78, 5) is 32.1. The number of phenolic OH excluding ortho intramolecular Hbond substituents is 1. The van der Waals surface area contributed by atoms with Gasteiger partial charge in [0, 0.05) is 38.1 Å². The van der Waals surface area contributed by atoms with Crippen LogP contribution in [-0.2, 0) is 4.74 Å². The van der Waals surface area contributed by atoms with Crippen LogP contribution >= 0.6 is 11.6 Å². The number of hydrogen-bond donors (Lipinski definition) is 1. The Hall–Kier alpha value is -4.01. The van der Waals surface area contributed by atoms with Crippen LogP contribution in [0.2, 0.25) is 5.02 Å². The molecule has 1 aromatic heterocycles. The normalized spacial score (nSPS) is 16.9. The first-order chi connectivity index (χ1) is 19.8. The van der Waals surface area contributed by atoms with Crippen molar-refractivity contribution in [1.82, 2.24) is 14.4 Å². The molecule has 3 heterocycles. The molecular formula is C30H33ClFN5O5. The van der Waals surface area contributed by atoms with Gasteiger partial charge in [-0.1, -0.05) is 17.7 Å². The Kier molecular flexibility index (Phi) is 7.72. The third kappa shape index (κ3) is 5.21. The molecule has 5 rings (SSSR count). The number of phenols is 1. The first-order valence-electron chi connectivity index (χ1n) is 13.7. The lowest BCUT2D eigenvalue weighted by Crippen LogP contribution is -2.50. The van der Waals surface area contributed by atoms with E-state index in [9.17, 15) is 20.0 Å². The predicted molar refractivity (Wildman–Crippen MR) is 158 cm³/mol. The highest BCUT2D eigenvalue weighted by Crippen LogP contribution is 2.50. The number of halogens is 2. The molecule has 0 spiro atoms. The summed E-state index contributed by atoms with van der Waals surface area (Å²) >= 11 is 6.81. The number of nitriles is 1. The Morgan fingerprint density at radius 2 is 1.93 bits per heavy atom. The summed E-state index contributed by atoms with van der Waals surface area (Å²) in [6.45, 7) is 7.19. The molecular weight excluding hydrogens is 565 g/mol. The lowest BCUT2D eigenvalue weighted by atomic mass is 9.96. The summed E-state index contributed by atoms with van der Waals surface area (Å²) in [6, 6.07) is 7.20. The van der Waals surface area contributed by atoms with Gasteiger partial charge in [0.25, 0.3) is 5.56 Å². The summed E-state index contributed by atoms with van der Waals surface area (Å²) in [6.07, 6.45) is -0.433. The summed E-state index contributed by atoms with van der Waals surface area (Å²) in [5.74, 6) is -0.872. The third-order valence-corrected chi connectivity index (χ3v) is 7.63. The topological polar surface area (TPSA) is 111 Å². The van der Waals surface area contributed by atoms with E-state index in [1.54, 1.807) is 31.7 Å². The SMILES string of the molecule is CN(C)C[C@H]1COc2c(-c3c(O)cccc3F)c(Cl)cc3c(N4CCN(C(=O)OC(C)(C)C)CC4)c(C#N)c(=O)n1c23. The number of ether oxygens (including phenoxy) is 2. The maximum Gasteiger partial charge on any atom is 0.410 e. The number of piperazine rings is 1. The molecule has 0 radical (unpaired) electrons. The van der Waals surface area contributed by atoms with Gasteiger partial charge in [-0.05, 0) is 53.1 Å². The van der Waals surface area contributed by atoms with E-state index in [4.69, 9.17) is 21.1 Å². The molecule has 0 aliphatic carbocycles. The zero-order valence-corrected chi connectivity index (χ0v) is 25.0. The summed E-state index contributed by atoms with van der Waals surface area (Å²) < 4.78 is 28.4. The lowest BCUT2D eigenvalue weighted by molar-refractivity contribution is 0.0240. The fraction of sp³-hybridized carbons (Fsp3) is 0.433. The maximum atomic E-state index is 15.1. The van der Waals surface area contributed by atoms with E-state index in [1.165, 1.54) is 22.8 Å². The average Bonchev–Trinajstić information content (AvgIpc) is 2.90. The van der Waals surface area contributed by atoms with Crippen molar-refractivity contribution in [2.24, 2.45) is 0 Å². The minimum absolute atomic E-state index is 0.0534. The molecule has 2 aliphatic rings. The van der Waals surface area contributed by atoms with Gasteiger partial charge in [-0.25, -0.2) is 9.18 Å². The molecule has 222 valence electrons. The maximum absolute atomic E-state index is 15.1. The Labute approximate surface area is 248 Å². The lowest BCUT2D eigenvalue weighted by Gasteiger charge is -2.38. The number of pyridine rings is 1. The number of rotatable bonds is 4. The number of amides is 1. The second-order valence-corrected chi connectivity index (χ2v) is 12.2. The van der Waals surface area contributed by atoms with Crippen LogP contribution in [0.3, 0.4) is 0 Å². The Morgan fingerprint density at radius 3 is 2.52 bits per heavy atom. The Balaban J connectivity index is 1.72. The highest BCUT2D eigenvalue weighted by Gasteiger charge is 2.35. The van der Waals surface area contributed by atoms with Crippen molar-refractivity contribution < 1.29 is 23.8 Å². The molecule has 42 heavy (non-hydrogen) atoms. The Morgan fingerprint density at radius 1 is 1.24 bits per heavy atom. The molecule has 1 atom stereocenters. The van der Waals surface area contributed by atoms with E-state index in [-0.39, 0.29) is 39.8 Å². The van der Waals surface area contributed by atoms with Crippen molar-refractivity contribution in [3.8, 4) is 28.7 Å². The van der Waals surface area contributed by atoms with Gasteiger partial charge in [0.2, 0.25) is 0 Å². The van der Waals surface area contributed by atoms with Crippen molar-refractivity contribution in [2.45, 2.75) is 32.4 Å². The number of anilines is 1. The van der Waals surface area contributed by atoms with Crippen LogP contribution in [0.5, 0.6) is 11.5 Å². The highest BCUT2D eigenvalue weighted by atomic mass is 35.5. The second kappa shape index (κ2) is 11.0. The molecule has 2 aliphatic heterocycles. The van der Waals surface area contributed by atoms with E-state index in [1.807, 2.05) is 23.9 Å². The molecule has 2 aromatic carbocycles. The van der Waals surface area contributed by atoms with Crippen LogP contribution in [0.1, 0.15) is 32.4 Å². The molecule has 0 saturated carbocycles. The number of aromatic hydroxyl groups is 1. The molecule has 1 N–H and O–H groups in total. The minimum atomic E-state index is -0.701. The summed E-state index contributed by atoms with van der Waals surface area (Å²) in [5.41, 5.74) is -0.470. The van der Waals surface area contributed by atoms with Gasteiger partial charge in [-0.15, -0.1) is 0 Å². The Bertz CT molecular complexity index is 1650. The molecule has 1 saturated heterocycles. The van der Waals surface area contributed by atoms with Gasteiger partial charge >= 0.3 is 6.09 Å². The zero-order valence-electron chi connectivity index (χ0n) is 24.2. The van der Waals surface area contributed by atoms with Gasteiger partial charge in [0.05, 0.1) is 33.4 Å². The van der Waals surface area contributed by atoms with Crippen LogP contribution in [-0.4, -0.2) is 84.6 Å². The summed E-state index contributed by atoms with van der Waals surface area (Å²) in [5, 5.41) is 21.5. The quantitative estimate of drug-likeness (QED) is 0.465. The molecule has 10 nitrogen and oxygen atoms in total. The smallest absolute Gasteiger partial charge is 0.410 e. The molecule has 0 bridgehead atoms. The van der Waals surface area contributed by atoms with Gasteiger partial charge < -0.3 is 29.3 Å². The second-order valence-electron chi connectivity index (χ2n) is 11.8. The van der Waals surface area contributed by atoms with Crippen LogP contribution in [0.25, 0.3) is 22.0 Å². The van der Waals surface area contributed by atoms with Crippen molar-refractivity contribution in [1.29, 1.82) is 5.26 Å². The number of carbonyl (C=O) groups excluding carboxylic acids is 1. The van der Waals surface area contributed by atoms with E-state index in [0.29, 0.717) is 49.3 Å². The van der Waals surface area contributed by atoms with Crippen LogP contribution in [0.15, 0.2) is 29.1 Å². The van der Waals surface area contributed by atoms with Crippen molar-refractivity contribution >= 4 is 34.3 Å². The van der Waals surface area contributed by atoms with E-state index in [0.717, 1.165) is 0 Å². The van der Waals surface area contributed by atoms with Crippen molar-refractivity contribution in [3.63, 3.8) is 0 Å². The standard InChI is InChI=1S/C30H33ClFN5O5/c1-30(2,3)42-29(40)36-11-9-35(10-12-36)25-18-13-20(31)23(24-21(32)7-6-8-22(24)38)27-26(18)37(28(39)19(25)14-33)17(16-41-27)15-34(4)5/h6-8,13,17,38H,9-12,15-16H2,1-5H3/t17-/m0/s1. The number of nitrogens with zero attached hydrogens (tertiary/aromatic N) is 5. The van der Waals surface area contributed by atoms with Crippen molar-refractivity contribution in [3.05, 3.63) is 51.0 Å². The van der Waals surface area contributed by atoms with Gasteiger partial charge in [0.15, 0.2) is 5.75 Å². The third-order valence-electron chi connectivity index (χ3n) is 7.33. The zero-order chi connectivity index (χ0) is 30.5. The molecule has 1 fully saturated rings. The van der Waals surface area contributed by atoms with Gasteiger partial charge in [-0.2, -0.15) is 5.26 Å². The van der Waals surface area contributed by atoms with Crippen molar-refractivity contribution in [2.75, 3.05) is 58.3 Å². The van der Waals surface area contributed by atoms with Gasteiger partial charge in [-0.3, -0.25) is 9.36 Å². The largest absolute Gasteiger partial charge is 0.507 e. The fourth-order valence-electron chi connectivity index (χ4n) is 5.65. The number of benzene rings is 2. The molecule has 3 aromatic rings. The van der Waals surface area contributed by atoms with Crippen LogP contribution < -0.4 is 15.2 Å². The van der Waals surface area contributed by atoms with E-state index < -0.39 is 29.1 Å². The van der Waals surface area contributed by atoms with E-state index in [2.05, 4.69) is 6.07 Å². The number of carbonyl (C=O) groups is 1. The highest BCUT2D eigenvalue weighted by molar-refractivity contribution is 6.35. The molecule has 1 amide bonds. The van der Waals surface area contributed by atoms with Crippen LogP contribution in [0.4, 0.5) is 14.9 Å². The number of likely N-dealkylation sites (N-methyl/N-ethyl adjacent to an activating group) is 1. The summed E-state index contributed by atoms with van der Waals surface area (Å²) in [7, 11) is 3.73. The number of hydrogen-bond acceptors (Lipinski definition) is 8. The predicted octanol–water partition coefficient (Wildman–Crippen LogP) is 4.59. The van der Waals surface area contributed by atoms with E-state index >= 15 is 4.39 Å². The van der Waals surface area contributed by atoms with Crippen LogP contribution in [0, 0.1) is 17.1 Å². The number of aromatic nitrogens is 1.